The monoisotopic (exact) mass is 438 g/mol. The Balaban J connectivity index is 1.42. The number of nitrogens with zero attached hydrogens (tertiary/aromatic N) is 1. The molecule has 0 aliphatic carbocycles. The summed E-state index contributed by atoms with van der Waals surface area (Å²) in [4.78, 5) is 28.2. The van der Waals surface area contributed by atoms with E-state index in [1.54, 1.807) is 29.2 Å². The maximum atomic E-state index is 13.5. The van der Waals surface area contributed by atoms with Crippen LogP contribution in [0.3, 0.4) is 0 Å². The van der Waals surface area contributed by atoms with Crippen molar-refractivity contribution in [3.63, 3.8) is 0 Å². The predicted octanol–water partition coefficient (Wildman–Crippen LogP) is 5.28. The molecule has 5 rings (SSSR count). The molecule has 1 aliphatic rings. The van der Waals surface area contributed by atoms with Gasteiger partial charge in [0.2, 0.25) is 5.91 Å². The van der Waals surface area contributed by atoms with E-state index in [1.807, 2.05) is 66.7 Å². The Labute approximate surface area is 191 Å². The first-order valence-electron chi connectivity index (χ1n) is 10.7. The van der Waals surface area contributed by atoms with Gasteiger partial charge in [0.1, 0.15) is 11.8 Å². The van der Waals surface area contributed by atoms with E-state index in [0.717, 1.165) is 11.1 Å². The van der Waals surface area contributed by atoms with Gasteiger partial charge in [0.05, 0.1) is 12.0 Å². The van der Waals surface area contributed by atoms with Crippen LogP contribution in [0.4, 0.5) is 5.69 Å². The van der Waals surface area contributed by atoms with Crippen molar-refractivity contribution in [2.24, 2.45) is 0 Å². The van der Waals surface area contributed by atoms with Crippen LogP contribution in [-0.4, -0.2) is 22.8 Å². The molecule has 0 bridgehead atoms. The predicted molar refractivity (Wildman–Crippen MR) is 124 cm³/mol. The standard InChI is InChI=1S/C27H22N2O4/c30-26(28-22-13-6-7-14-24(22)33-21-11-2-1-3-12-21)23-17-19-9-4-5-10-20(19)18-29(23)27(31)25-15-8-16-32-25/h1-16,23H,17-18H2,(H,28,30)/t23-/m1/s1. The van der Waals surface area contributed by atoms with Gasteiger partial charge in [-0.2, -0.15) is 0 Å². The van der Waals surface area contributed by atoms with Crippen molar-refractivity contribution >= 4 is 17.5 Å². The van der Waals surface area contributed by atoms with Crippen molar-refractivity contribution in [2.45, 2.75) is 19.0 Å². The van der Waals surface area contributed by atoms with Crippen LogP contribution >= 0.6 is 0 Å². The molecule has 6 nitrogen and oxygen atoms in total. The average Bonchev–Trinajstić information content (AvgIpc) is 3.40. The van der Waals surface area contributed by atoms with Crippen LogP contribution in [0.5, 0.6) is 11.5 Å². The number of carbonyl (C=O) groups is 2. The minimum absolute atomic E-state index is 0.208. The molecule has 3 aromatic carbocycles. The van der Waals surface area contributed by atoms with Crippen molar-refractivity contribution in [1.29, 1.82) is 0 Å². The first-order chi connectivity index (χ1) is 16.2. The van der Waals surface area contributed by atoms with Crippen molar-refractivity contribution in [2.75, 3.05) is 5.32 Å². The molecule has 1 aliphatic heterocycles. The number of amides is 2. The van der Waals surface area contributed by atoms with Gasteiger partial charge in [0.25, 0.3) is 5.91 Å². The van der Waals surface area contributed by atoms with Crippen molar-refractivity contribution in [3.8, 4) is 11.5 Å². The summed E-state index contributed by atoms with van der Waals surface area (Å²) in [6, 6.07) is 27.1. The number of hydrogen-bond donors (Lipinski definition) is 1. The Bertz CT molecular complexity index is 1270. The summed E-state index contributed by atoms with van der Waals surface area (Å²) in [5, 5.41) is 2.97. The van der Waals surface area contributed by atoms with Crippen LogP contribution in [0, 0.1) is 0 Å². The summed E-state index contributed by atoms with van der Waals surface area (Å²) >= 11 is 0. The maximum absolute atomic E-state index is 13.5. The van der Waals surface area contributed by atoms with Crippen LogP contribution in [0.1, 0.15) is 21.7 Å². The van der Waals surface area contributed by atoms with Crippen LogP contribution in [0.15, 0.2) is 102 Å². The highest BCUT2D eigenvalue weighted by Crippen LogP contribution is 2.31. The summed E-state index contributed by atoms with van der Waals surface area (Å²) in [6.45, 7) is 0.329. The minimum atomic E-state index is -0.692. The van der Waals surface area contributed by atoms with Gasteiger partial charge in [-0.3, -0.25) is 9.59 Å². The zero-order valence-electron chi connectivity index (χ0n) is 17.8. The number of rotatable bonds is 5. The Hall–Kier alpha value is -4.32. The Kier molecular flexibility index (Phi) is 5.64. The number of furan rings is 1. The third-order valence-electron chi connectivity index (χ3n) is 5.66. The number of anilines is 1. The van der Waals surface area contributed by atoms with Gasteiger partial charge in [-0.05, 0) is 47.5 Å². The normalized spacial score (nSPS) is 14.9. The summed E-state index contributed by atoms with van der Waals surface area (Å²) in [5.74, 6) is 0.801. The number of fused-ring (bicyclic) bond motifs is 1. The van der Waals surface area contributed by atoms with E-state index in [0.29, 0.717) is 30.2 Å². The van der Waals surface area contributed by atoms with Crippen molar-refractivity contribution < 1.29 is 18.7 Å². The highest BCUT2D eigenvalue weighted by molar-refractivity contribution is 6.01. The van der Waals surface area contributed by atoms with E-state index in [1.165, 1.54) is 6.26 Å². The second-order valence-electron chi connectivity index (χ2n) is 7.80. The van der Waals surface area contributed by atoms with Gasteiger partial charge >= 0.3 is 0 Å². The van der Waals surface area contributed by atoms with Crippen LogP contribution in [0.2, 0.25) is 0 Å². The molecule has 0 fully saturated rings. The van der Waals surface area contributed by atoms with Crippen molar-refractivity contribution in [1.82, 2.24) is 4.90 Å². The molecule has 0 radical (unpaired) electrons. The molecule has 0 saturated carbocycles. The zero-order valence-corrected chi connectivity index (χ0v) is 17.8. The molecule has 1 aromatic heterocycles. The molecule has 2 amide bonds. The fourth-order valence-electron chi connectivity index (χ4n) is 4.00. The molecule has 2 heterocycles. The van der Waals surface area contributed by atoms with Crippen LogP contribution < -0.4 is 10.1 Å². The number of para-hydroxylation sites is 3. The average molecular weight is 438 g/mol. The Morgan fingerprint density at radius 1 is 0.848 bits per heavy atom. The molecule has 4 aromatic rings. The van der Waals surface area contributed by atoms with E-state index in [9.17, 15) is 9.59 Å². The Morgan fingerprint density at radius 3 is 2.36 bits per heavy atom. The molecular formula is C27H22N2O4. The lowest BCUT2D eigenvalue weighted by atomic mass is 9.93. The molecule has 1 N–H and O–H groups in total. The van der Waals surface area contributed by atoms with Gasteiger partial charge in [0, 0.05) is 13.0 Å². The number of nitrogens with one attached hydrogen (secondary N) is 1. The lowest BCUT2D eigenvalue weighted by Gasteiger charge is -2.35. The molecule has 164 valence electrons. The van der Waals surface area contributed by atoms with E-state index in [4.69, 9.17) is 9.15 Å². The van der Waals surface area contributed by atoms with Gasteiger partial charge in [-0.15, -0.1) is 0 Å². The number of carbonyl (C=O) groups excluding carboxylic acids is 2. The third kappa shape index (κ3) is 4.36. The van der Waals surface area contributed by atoms with E-state index in [2.05, 4.69) is 5.32 Å². The Morgan fingerprint density at radius 2 is 1.58 bits per heavy atom. The van der Waals surface area contributed by atoms with Gasteiger partial charge in [0.15, 0.2) is 11.5 Å². The number of benzene rings is 3. The molecular weight excluding hydrogens is 416 g/mol. The summed E-state index contributed by atoms with van der Waals surface area (Å²) in [6.07, 6.45) is 1.87. The van der Waals surface area contributed by atoms with Gasteiger partial charge < -0.3 is 19.4 Å². The molecule has 0 spiro atoms. The lowest BCUT2D eigenvalue weighted by Crippen LogP contribution is -2.50. The SMILES string of the molecule is O=C(Nc1ccccc1Oc1ccccc1)[C@H]1Cc2ccccc2CN1C(=O)c1ccco1. The second-order valence-corrected chi connectivity index (χ2v) is 7.80. The van der Waals surface area contributed by atoms with Gasteiger partial charge in [-0.25, -0.2) is 0 Å². The fraction of sp³-hybridized carbons (Fsp3) is 0.111. The van der Waals surface area contributed by atoms with Crippen LogP contribution in [0.25, 0.3) is 0 Å². The summed E-state index contributed by atoms with van der Waals surface area (Å²) in [7, 11) is 0. The topological polar surface area (TPSA) is 71.8 Å². The highest BCUT2D eigenvalue weighted by atomic mass is 16.5. The molecule has 33 heavy (non-hydrogen) atoms. The molecule has 6 heteroatoms. The quantitative estimate of drug-likeness (QED) is 0.460. The summed E-state index contributed by atoms with van der Waals surface area (Å²) < 4.78 is 11.3. The lowest BCUT2D eigenvalue weighted by molar-refractivity contribution is -0.121. The van der Waals surface area contributed by atoms with E-state index >= 15 is 0 Å². The third-order valence-corrected chi connectivity index (χ3v) is 5.66. The molecule has 0 unspecified atom stereocenters. The number of ether oxygens (including phenoxy) is 1. The van der Waals surface area contributed by atoms with Crippen LogP contribution in [-0.2, 0) is 17.8 Å². The summed E-state index contributed by atoms with van der Waals surface area (Å²) in [5.41, 5.74) is 2.61. The minimum Gasteiger partial charge on any atom is -0.459 e. The largest absolute Gasteiger partial charge is 0.459 e. The van der Waals surface area contributed by atoms with E-state index < -0.39 is 6.04 Å². The maximum Gasteiger partial charge on any atom is 0.290 e. The first kappa shape index (κ1) is 20.6. The smallest absolute Gasteiger partial charge is 0.290 e. The van der Waals surface area contributed by atoms with Gasteiger partial charge in [-0.1, -0.05) is 54.6 Å². The highest BCUT2D eigenvalue weighted by Gasteiger charge is 2.36. The molecule has 0 saturated heterocycles. The van der Waals surface area contributed by atoms with E-state index in [-0.39, 0.29) is 17.6 Å². The fourth-order valence-corrected chi connectivity index (χ4v) is 4.00. The van der Waals surface area contributed by atoms with Crippen molar-refractivity contribution in [3.05, 3.63) is 114 Å². The second kappa shape index (κ2) is 9.04. The number of hydrogen-bond acceptors (Lipinski definition) is 4. The zero-order chi connectivity index (χ0) is 22.6. The first-order valence-corrected chi connectivity index (χ1v) is 10.7. The molecule has 1 atom stereocenters.